The topological polar surface area (TPSA) is 113 Å². The number of anilines is 2. The molecule has 3 heterocycles. The molecule has 0 unspecified atom stereocenters. The molecule has 3 aromatic rings. The summed E-state index contributed by atoms with van der Waals surface area (Å²) in [6, 6.07) is 5.58. The van der Waals surface area contributed by atoms with E-state index in [1.54, 1.807) is 26.8 Å². The molecule has 11 heteroatoms. The van der Waals surface area contributed by atoms with Crippen molar-refractivity contribution in [3.05, 3.63) is 41.7 Å². The third-order valence-corrected chi connectivity index (χ3v) is 5.83. The Balaban J connectivity index is 0.000000207. The molecule has 4 N–H and O–H groups in total. The summed E-state index contributed by atoms with van der Waals surface area (Å²) in [7, 11) is 0. The molecule has 2 aromatic carbocycles. The Morgan fingerprint density at radius 1 is 1.16 bits per heavy atom. The van der Waals surface area contributed by atoms with Crippen LogP contribution in [0.5, 0.6) is 11.5 Å². The van der Waals surface area contributed by atoms with E-state index in [4.69, 9.17) is 19.9 Å². The number of carbonyl (C=O) groups is 1. The lowest BCUT2D eigenvalue weighted by atomic mass is 10.2. The number of rotatable bonds is 2. The number of fused-ring (bicyclic) bond motifs is 1. The molecule has 37 heavy (non-hydrogen) atoms. The molecular weight excluding hydrogens is 484 g/mol. The highest BCUT2D eigenvalue weighted by Crippen LogP contribution is 2.38. The first-order valence-electron chi connectivity index (χ1n) is 12.2. The van der Waals surface area contributed by atoms with E-state index >= 15 is 0 Å². The summed E-state index contributed by atoms with van der Waals surface area (Å²) in [5.74, 6) is 0.323. The first kappa shape index (κ1) is 26.3. The molecule has 200 valence electrons. The number of imidazole rings is 1. The molecule has 0 aliphatic carbocycles. The van der Waals surface area contributed by atoms with Gasteiger partial charge >= 0.3 is 6.09 Å². The maximum atomic E-state index is 14.0. The second kappa shape index (κ2) is 9.95. The quantitative estimate of drug-likeness (QED) is 0.395. The van der Waals surface area contributed by atoms with Gasteiger partial charge in [0.1, 0.15) is 35.8 Å². The van der Waals surface area contributed by atoms with E-state index in [1.807, 2.05) is 25.3 Å². The van der Waals surface area contributed by atoms with Crippen molar-refractivity contribution >= 4 is 28.5 Å². The first-order chi connectivity index (χ1) is 17.4. The van der Waals surface area contributed by atoms with Crippen molar-refractivity contribution in [1.29, 1.82) is 0 Å². The number of hydrogen-bond donors (Lipinski definition) is 3. The number of carbonyl (C=O) groups excluding carboxylic acids is 1. The lowest BCUT2D eigenvalue weighted by Crippen LogP contribution is -2.35. The largest absolute Gasteiger partial charge is 0.486 e. The molecule has 0 spiro atoms. The third kappa shape index (κ3) is 5.50. The van der Waals surface area contributed by atoms with Gasteiger partial charge in [0.05, 0.1) is 29.3 Å². The number of halogens is 2. The molecule has 9 nitrogen and oxygen atoms in total. The predicted octanol–water partition coefficient (Wildman–Crippen LogP) is 5.32. The monoisotopic (exact) mass is 517 g/mol. The van der Waals surface area contributed by atoms with Gasteiger partial charge in [-0.2, -0.15) is 0 Å². The number of benzene rings is 2. The maximum absolute atomic E-state index is 14.0. The Hall–Kier alpha value is -3.76. The normalized spacial score (nSPS) is 18.8. The molecule has 1 amide bonds. The average Bonchev–Trinajstić information content (AvgIpc) is 3.20. The lowest BCUT2D eigenvalue weighted by Gasteiger charge is -2.27. The summed E-state index contributed by atoms with van der Waals surface area (Å²) in [6.45, 7) is 12.0. The first-order valence-corrected chi connectivity index (χ1v) is 12.2. The highest BCUT2D eigenvalue weighted by atomic mass is 19.1. The van der Waals surface area contributed by atoms with Gasteiger partial charge in [0.25, 0.3) is 0 Å². The number of alkyl carbamates (subject to hydrolysis) is 1. The molecule has 0 saturated heterocycles. The molecule has 5 rings (SSSR count). The average molecular weight is 518 g/mol. The predicted molar refractivity (Wildman–Crippen MR) is 137 cm³/mol. The Bertz CT molecular complexity index is 1320. The van der Waals surface area contributed by atoms with Crippen molar-refractivity contribution in [3.8, 4) is 11.5 Å². The molecule has 1 aromatic heterocycles. The van der Waals surface area contributed by atoms with Gasteiger partial charge in [0.15, 0.2) is 23.1 Å². The zero-order valence-corrected chi connectivity index (χ0v) is 21.8. The van der Waals surface area contributed by atoms with Gasteiger partial charge in [-0.05, 0) is 65.8 Å². The summed E-state index contributed by atoms with van der Waals surface area (Å²) in [5.41, 5.74) is 7.44. The van der Waals surface area contributed by atoms with Crippen molar-refractivity contribution in [1.82, 2.24) is 14.9 Å². The number of aromatic nitrogens is 2. The zero-order chi connectivity index (χ0) is 27.1. The van der Waals surface area contributed by atoms with Crippen LogP contribution in [0.4, 0.5) is 25.0 Å². The van der Waals surface area contributed by atoms with Crippen LogP contribution >= 0.6 is 0 Å². The van der Waals surface area contributed by atoms with Crippen molar-refractivity contribution in [2.75, 3.05) is 24.3 Å². The van der Waals surface area contributed by atoms with Crippen molar-refractivity contribution < 1.29 is 27.8 Å². The molecule has 0 bridgehead atoms. The van der Waals surface area contributed by atoms with E-state index in [-0.39, 0.29) is 35.4 Å². The third-order valence-electron chi connectivity index (χ3n) is 5.83. The summed E-state index contributed by atoms with van der Waals surface area (Å²) in [5, 5.41) is 5.87. The van der Waals surface area contributed by atoms with E-state index in [1.165, 1.54) is 18.2 Å². The number of hydrogen-bond acceptors (Lipinski definition) is 7. The number of nitrogens with two attached hydrogens (primary N) is 1. The van der Waals surface area contributed by atoms with E-state index in [0.717, 1.165) is 0 Å². The number of nitrogen functional groups attached to an aromatic ring is 1. The summed E-state index contributed by atoms with van der Waals surface area (Å²) < 4.78 is 45.1. The van der Waals surface area contributed by atoms with Gasteiger partial charge in [-0.1, -0.05) is 0 Å². The van der Waals surface area contributed by atoms with Crippen LogP contribution in [0.2, 0.25) is 0 Å². The van der Waals surface area contributed by atoms with Crippen molar-refractivity contribution in [3.63, 3.8) is 0 Å². The van der Waals surface area contributed by atoms with Gasteiger partial charge in [-0.25, -0.2) is 18.6 Å². The van der Waals surface area contributed by atoms with Crippen LogP contribution in [0.15, 0.2) is 24.3 Å². The van der Waals surface area contributed by atoms with Crippen molar-refractivity contribution in [2.45, 2.75) is 65.3 Å². The second-order valence-corrected chi connectivity index (χ2v) is 10.3. The highest BCUT2D eigenvalue weighted by Gasteiger charge is 2.29. The molecule has 2 aliphatic heterocycles. The fraction of sp³-hybridized carbons (Fsp3) is 0.462. The molecule has 0 saturated carbocycles. The minimum atomic E-state index is -0.577. The minimum absolute atomic E-state index is 0.0119. The van der Waals surface area contributed by atoms with E-state index in [0.29, 0.717) is 41.4 Å². The summed E-state index contributed by atoms with van der Waals surface area (Å²) >= 11 is 0. The van der Waals surface area contributed by atoms with Crippen LogP contribution in [-0.2, 0) is 4.74 Å². The molecule has 0 radical (unpaired) electrons. The number of nitrogens with one attached hydrogen (secondary N) is 2. The standard InChI is InChI=1S/C17H22FN3O3.C9H11FN2O/c1-9-8-23-14-11(18)6-7-12-13(14)21(9)15(20-12)10(2)19-16(22)24-17(3,4)5;1-5-4-13-9-6(10)2-3-7(11)8(9)12-5/h6-7,9-10H,8H2,1-5H3,(H,19,22);2-3,5,12H,4,11H2,1H3/t9-,10-;5-/m00/s1. The maximum Gasteiger partial charge on any atom is 0.408 e. The van der Waals surface area contributed by atoms with E-state index in [2.05, 4.69) is 15.6 Å². The van der Waals surface area contributed by atoms with Crippen LogP contribution in [0.3, 0.4) is 0 Å². The number of nitrogens with zero attached hydrogens (tertiary/aromatic N) is 2. The van der Waals surface area contributed by atoms with Gasteiger partial charge in [-0.15, -0.1) is 0 Å². The van der Waals surface area contributed by atoms with E-state index in [9.17, 15) is 13.6 Å². The van der Waals surface area contributed by atoms with Gasteiger partial charge in [0, 0.05) is 0 Å². The summed E-state index contributed by atoms with van der Waals surface area (Å²) in [6.07, 6.45) is -0.513. The fourth-order valence-corrected chi connectivity index (χ4v) is 4.23. The Labute approximate surface area is 214 Å². The fourth-order valence-electron chi connectivity index (χ4n) is 4.23. The Morgan fingerprint density at radius 3 is 2.51 bits per heavy atom. The summed E-state index contributed by atoms with van der Waals surface area (Å²) in [4.78, 5) is 16.6. The Morgan fingerprint density at radius 2 is 1.81 bits per heavy atom. The van der Waals surface area contributed by atoms with Crippen LogP contribution in [0, 0.1) is 11.6 Å². The van der Waals surface area contributed by atoms with Crippen LogP contribution in [-0.4, -0.2) is 40.5 Å². The van der Waals surface area contributed by atoms with Crippen molar-refractivity contribution in [2.24, 2.45) is 0 Å². The number of amides is 1. The Kier molecular flexibility index (Phi) is 7.07. The minimum Gasteiger partial charge on any atom is -0.486 e. The highest BCUT2D eigenvalue weighted by molar-refractivity contribution is 5.84. The van der Waals surface area contributed by atoms with Gasteiger partial charge < -0.3 is 35.1 Å². The van der Waals surface area contributed by atoms with E-state index < -0.39 is 17.5 Å². The molecule has 0 fully saturated rings. The smallest absolute Gasteiger partial charge is 0.408 e. The van der Waals surface area contributed by atoms with Gasteiger partial charge in [-0.3, -0.25) is 0 Å². The molecular formula is C26H33F2N5O4. The molecule has 3 atom stereocenters. The number of ether oxygens (including phenoxy) is 3. The van der Waals surface area contributed by atoms with Crippen LogP contribution in [0.1, 0.15) is 59.5 Å². The van der Waals surface area contributed by atoms with Crippen LogP contribution in [0.25, 0.3) is 11.0 Å². The SMILES string of the molecule is C[C@H](NC(=O)OC(C)(C)C)c1nc2ccc(F)c3c2n1[C@@H](C)CO3.C[C@H]1COc2c(F)ccc(N)c2N1. The van der Waals surface area contributed by atoms with Gasteiger partial charge in [0.2, 0.25) is 0 Å². The zero-order valence-electron chi connectivity index (χ0n) is 21.8. The molecule has 2 aliphatic rings. The second-order valence-electron chi connectivity index (χ2n) is 10.3. The lowest BCUT2D eigenvalue weighted by molar-refractivity contribution is 0.0504. The van der Waals surface area contributed by atoms with Crippen LogP contribution < -0.4 is 25.8 Å².